The van der Waals surface area contributed by atoms with Gasteiger partial charge in [0.25, 0.3) is 0 Å². The first-order valence-corrected chi connectivity index (χ1v) is 6.05. The van der Waals surface area contributed by atoms with Crippen LogP contribution in [0.15, 0.2) is 18.2 Å². The third-order valence-electron chi connectivity index (χ3n) is 2.82. The zero-order chi connectivity index (χ0) is 13.0. The molecule has 1 aromatic rings. The van der Waals surface area contributed by atoms with Gasteiger partial charge in [-0.25, -0.2) is 4.39 Å². The fraction of sp³-hybridized carbons (Fsp3) is 0.538. The Bertz CT molecular complexity index is 370. The lowest BCUT2D eigenvalue weighted by Gasteiger charge is -2.26. The lowest BCUT2D eigenvalue weighted by Crippen LogP contribution is -2.41. The van der Waals surface area contributed by atoms with Crippen molar-refractivity contribution in [2.45, 2.75) is 32.4 Å². The molecule has 17 heavy (non-hydrogen) atoms. The molecule has 0 radical (unpaired) electrons. The third kappa shape index (κ3) is 3.95. The molecular weight excluding hydrogens is 241 g/mol. The van der Waals surface area contributed by atoms with Crippen molar-refractivity contribution in [2.24, 2.45) is 11.7 Å². The zero-order valence-corrected chi connectivity index (χ0v) is 11.2. The first-order chi connectivity index (χ1) is 7.95. The highest BCUT2D eigenvalue weighted by molar-refractivity contribution is 6.30. The van der Waals surface area contributed by atoms with Gasteiger partial charge in [0.15, 0.2) is 0 Å². The van der Waals surface area contributed by atoms with Crippen molar-refractivity contribution in [1.82, 2.24) is 0 Å². The highest BCUT2D eigenvalue weighted by Crippen LogP contribution is 2.18. The van der Waals surface area contributed by atoms with Crippen LogP contribution in [0, 0.1) is 11.7 Å². The van der Waals surface area contributed by atoms with Crippen LogP contribution in [0.5, 0.6) is 0 Å². The van der Waals surface area contributed by atoms with Crippen LogP contribution in [0.4, 0.5) is 4.39 Å². The van der Waals surface area contributed by atoms with Gasteiger partial charge in [0.1, 0.15) is 5.82 Å². The minimum Gasteiger partial charge on any atom is -0.380 e. The molecule has 0 bridgehead atoms. The van der Waals surface area contributed by atoms with E-state index in [0.717, 1.165) is 0 Å². The molecule has 0 heterocycles. The third-order valence-corrected chi connectivity index (χ3v) is 3.06. The molecule has 0 fully saturated rings. The van der Waals surface area contributed by atoms with E-state index >= 15 is 0 Å². The fourth-order valence-corrected chi connectivity index (χ4v) is 2.16. The van der Waals surface area contributed by atoms with Gasteiger partial charge >= 0.3 is 0 Å². The number of ether oxygens (including phenoxy) is 1. The van der Waals surface area contributed by atoms with Crippen LogP contribution >= 0.6 is 11.6 Å². The lowest BCUT2D eigenvalue weighted by molar-refractivity contribution is 0.0439. The minimum absolute atomic E-state index is 0.0786. The minimum atomic E-state index is -0.313. The second-order valence-corrected chi connectivity index (χ2v) is 4.98. The number of methoxy groups -OCH3 is 1. The van der Waals surface area contributed by atoms with E-state index in [9.17, 15) is 4.39 Å². The molecule has 0 aliphatic heterocycles. The van der Waals surface area contributed by atoms with E-state index in [4.69, 9.17) is 22.1 Å². The summed E-state index contributed by atoms with van der Waals surface area (Å²) in [5.74, 6) is -0.0167. The molecule has 1 rings (SSSR count). The Morgan fingerprint density at radius 1 is 1.41 bits per heavy atom. The second-order valence-electron chi connectivity index (χ2n) is 4.55. The topological polar surface area (TPSA) is 35.2 Å². The van der Waals surface area contributed by atoms with Crippen molar-refractivity contribution < 1.29 is 9.13 Å². The highest BCUT2D eigenvalue weighted by Gasteiger charge is 2.22. The van der Waals surface area contributed by atoms with E-state index in [1.54, 1.807) is 19.2 Å². The van der Waals surface area contributed by atoms with E-state index in [2.05, 4.69) is 0 Å². The quantitative estimate of drug-likeness (QED) is 0.882. The van der Waals surface area contributed by atoms with Crippen LogP contribution < -0.4 is 5.73 Å². The fourth-order valence-electron chi connectivity index (χ4n) is 2.00. The standard InChI is InChI=1S/C13H19ClFNO/c1-8(2)13(17-3)12(16)6-9-4-5-10(14)7-11(9)15/h4-5,7-8,12-13H,6,16H2,1-3H3. The summed E-state index contributed by atoms with van der Waals surface area (Å²) in [4.78, 5) is 0. The lowest BCUT2D eigenvalue weighted by atomic mass is 9.94. The van der Waals surface area contributed by atoms with Gasteiger partial charge in [-0.1, -0.05) is 31.5 Å². The monoisotopic (exact) mass is 259 g/mol. The molecule has 0 aliphatic carbocycles. The van der Waals surface area contributed by atoms with Gasteiger partial charge in [-0.15, -0.1) is 0 Å². The number of nitrogens with two attached hydrogens (primary N) is 1. The largest absolute Gasteiger partial charge is 0.380 e. The average Bonchev–Trinajstić information content (AvgIpc) is 2.22. The molecule has 4 heteroatoms. The molecule has 0 aliphatic rings. The number of rotatable bonds is 5. The van der Waals surface area contributed by atoms with Crippen LogP contribution in [0.1, 0.15) is 19.4 Å². The van der Waals surface area contributed by atoms with Crippen molar-refractivity contribution in [2.75, 3.05) is 7.11 Å². The van der Waals surface area contributed by atoms with Gasteiger partial charge in [0, 0.05) is 18.2 Å². The summed E-state index contributed by atoms with van der Waals surface area (Å²) in [5.41, 5.74) is 6.62. The molecule has 0 spiro atoms. The Hall–Kier alpha value is -0.640. The summed E-state index contributed by atoms with van der Waals surface area (Å²) < 4.78 is 18.9. The van der Waals surface area contributed by atoms with Crippen LogP contribution in [-0.4, -0.2) is 19.3 Å². The SMILES string of the molecule is COC(C(C)C)C(N)Cc1ccc(Cl)cc1F. The molecule has 0 saturated heterocycles. The van der Waals surface area contributed by atoms with Crippen LogP contribution in [0.2, 0.25) is 5.02 Å². The van der Waals surface area contributed by atoms with E-state index < -0.39 is 0 Å². The molecule has 1 aromatic carbocycles. The second kappa shape index (κ2) is 6.34. The van der Waals surface area contributed by atoms with Crippen molar-refractivity contribution in [3.63, 3.8) is 0 Å². The van der Waals surface area contributed by atoms with Gasteiger partial charge in [-0.05, 0) is 30.0 Å². The molecule has 2 atom stereocenters. The van der Waals surface area contributed by atoms with Crippen molar-refractivity contribution >= 4 is 11.6 Å². The Labute approximate surface area is 107 Å². The summed E-state index contributed by atoms with van der Waals surface area (Å²) in [6, 6.07) is 4.42. The molecular formula is C13H19ClFNO. The Morgan fingerprint density at radius 2 is 2.06 bits per heavy atom. The molecule has 2 N–H and O–H groups in total. The smallest absolute Gasteiger partial charge is 0.127 e. The Morgan fingerprint density at radius 3 is 2.53 bits per heavy atom. The van der Waals surface area contributed by atoms with Gasteiger partial charge in [-0.3, -0.25) is 0 Å². The number of benzene rings is 1. The van der Waals surface area contributed by atoms with Crippen LogP contribution in [0.25, 0.3) is 0 Å². The first-order valence-electron chi connectivity index (χ1n) is 5.68. The molecule has 2 nitrogen and oxygen atoms in total. The van der Waals surface area contributed by atoms with Crippen molar-refractivity contribution in [1.29, 1.82) is 0 Å². The summed E-state index contributed by atoms with van der Waals surface area (Å²) in [7, 11) is 1.63. The van der Waals surface area contributed by atoms with Crippen LogP contribution in [-0.2, 0) is 11.2 Å². The summed E-state index contributed by atoms with van der Waals surface area (Å²) in [6.45, 7) is 4.07. The normalized spacial score (nSPS) is 15.0. The molecule has 0 saturated carbocycles. The van der Waals surface area contributed by atoms with Gasteiger partial charge in [0.2, 0.25) is 0 Å². The van der Waals surface area contributed by atoms with E-state index in [1.807, 2.05) is 13.8 Å². The average molecular weight is 260 g/mol. The summed E-state index contributed by atoms with van der Waals surface area (Å²) in [6.07, 6.45) is 0.366. The van der Waals surface area contributed by atoms with Crippen LogP contribution in [0.3, 0.4) is 0 Å². The highest BCUT2D eigenvalue weighted by atomic mass is 35.5. The van der Waals surface area contributed by atoms with E-state index in [1.165, 1.54) is 6.07 Å². The van der Waals surface area contributed by atoms with Gasteiger partial charge in [-0.2, -0.15) is 0 Å². The van der Waals surface area contributed by atoms with Gasteiger partial charge in [0.05, 0.1) is 6.10 Å². The summed E-state index contributed by atoms with van der Waals surface area (Å²) in [5, 5.41) is 0.395. The maximum atomic E-state index is 13.6. The summed E-state index contributed by atoms with van der Waals surface area (Å²) >= 11 is 5.70. The predicted molar refractivity (Wildman–Crippen MR) is 68.7 cm³/mol. The molecule has 96 valence electrons. The number of hydrogen-bond donors (Lipinski definition) is 1. The first kappa shape index (κ1) is 14.4. The van der Waals surface area contributed by atoms with Crippen molar-refractivity contribution in [3.8, 4) is 0 Å². The number of hydrogen-bond acceptors (Lipinski definition) is 2. The molecule has 0 amide bonds. The molecule has 0 aromatic heterocycles. The maximum Gasteiger partial charge on any atom is 0.127 e. The van der Waals surface area contributed by atoms with E-state index in [0.29, 0.717) is 22.9 Å². The van der Waals surface area contributed by atoms with Gasteiger partial charge < -0.3 is 10.5 Å². The maximum absolute atomic E-state index is 13.6. The zero-order valence-electron chi connectivity index (χ0n) is 10.4. The Kier molecular flexibility index (Phi) is 5.37. The molecule has 2 unspecified atom stereocenters. The predicted octanol–water partition coefficient (Wildman–Crippen LogP) is 3.02. The van der Waals surface area contributed by atoms with Crippen molar-refractivity contribution in [3.05, 3.63) is 34.6 Å². The van der Waals surface area contributed by atoms with E-state index in [-0.39, 0.29) is 18.0 Å². The Balaban J connectivity index is 2.76. The number of halogens is 2.